The zero-order valence-corrected chi connectivity index (χ0v) is 34.3. The molecule has 0 spiro atoms. The lowest BCUT2D eigenvalue weighted by Gasteiger charge is -2.42. The van der Waals surface area contributed by atoms with E-state index in [9.17, 15) is 0 Å². The molecule has 0 radical (unpaired) electrons. The second-order valence-corrected chi connectivity index (χ2v) is 24.6. The largest absolute Gasteiger partial charge is 0.485 e. The van der Waals surface area contributed by atoms with E-state index in [1.54, 1.807) is 36.7 Å². The van der Waals surface area contributed by atoms with Gasteiger partial charge >= 0.3 is 0 Å². The van der Waals surface area contributed by atoms with Crippen molar-refractivity contribution in [2.45, 2.75) is 128 Å². The van der Waals surface area contributed by atoms with Gasteiger partial charge in [0.25, 0.3) is 0 Å². The summed E-state index contributed by atoms with van der Waals surface area (Å²) in [5.41, 5.74) is 5.59. The Labute approximate surface area is 297 Å². The zero-order chi connectivity index (χ0) is 31.5. The van der Waals surface area contributed by atoms with Crippen LogP contribution in [0.1, 0.15) is 117 Å². The minimum absolute atomic E-state index is 0.122. The van der Waals surface area contributed by atoms with Gasteiger partial charge in [-0.3, -0.25) is 0 Å². The fourth-order valence-corrected chi connectivity index (χ4v) is 22.1. The smallest absolute Gasteiger partial charge is 0.180 e. The van der Waals surface area contributed by atoms with Gasteiger partial charge in [0.15, 0.2) is 11.5 Å². The van der Waals surface area contributed by atoms with Gasteiger partial charge in [-0.1, -0.05) is 112 Å². The number of fused-ring (bicyclic) bond motifs is 4. The first kappa shape index (κ1) is 35.2. The van der Waals surface area contributed by atoms with E-state index in [2.05, 4.69) is 102 Å². The molecule has 3 aromatic heterocycles. The molecule has 5 rings (SSSR count). The molecule has 8 heteroatoms. The molecule has 0 bridgehead atoms. The number of ether oxygens (including phenoxy) is 2. The highest BCUT2D eigenvalue weighted by molar-refractivity contribution is 9.09. The van der Waals surface area contributed by atoms with Crippen LogP contribution in [0, 0.1) is 0 Å². The molecule has 0 saturated heterocycles. The second kappa shape index (κ2) is 15.4. The Morgan fingerprint density at radius 2 is 1.25 bits per heavy atom. The van der Waals surface area contributed by atoms with Gasteiger partial charge < -0.3 is 9.47 Å². The lowest BCUT2D eigenvalue weighted by molar-refractivity contribution is 0.174. The molecular formula is C36H52Br2O2S3Si. The summed E-state index contributed by atoms with van der Waals surface area (Å²) in [5.74, 6) is 1.89. The summed E-state index contributed by atoms with van der Waals surface area (Å²) in [6, 6.07) is 5.38. The predicted octanol–water partition coefficient (Wildman–Crippen LogP) is 13.2. The number of hydrogen-bond donors (Lipinski definition) is 0. The lowest BCUT2D eigenvalue weighted by Crippen LogP contribution is -2.54. The Balaban J connectivity index is 1.65. The first-order valence-corrected chi connectivity index (χ1v) is 24.0. The van der Waals surface area contributed by atoms with Crippen molar-refractivity contribution in [1.29, 1.82) is 0 Å². The number of alkyl halides is 2. The third-order valence-corrected chi connectivity index (χ3v) is 23.1. The Bertz CT molecular complexity index is 1340. The van der Waals surface area contributed by atoms with Crippen molar-refractivity contribution in [1.82, 2.24) is 0 Å². The summed E-state index contributed by atoms with van der Waals surface area (Å²) >= 11 is 13.4. The first-order chi connectivity index (χ1) is 21.2. The number of unbranched alkanes of at least 4 members (excludes halogenated alkanes) is 6. The fourth-order valence-electron chi connectivity index (χ4n) is 8.60. The van der Waals surface area contributed by atoms with Crippen LogP contribution >= 0.6 is 65.9 Å². The van der Waals surface area contributed by atoms with E-state index in [1.165, 1.54) is 74.0 Å². The number of hydrogen-bond acceptors (Lipinski definition) is 5. The topological polar surface area (TPSA) is 18.5 Å². The fraction of sp³-hybridized carbons (Fsp3) is 0.667. The molecule has 3 aromatic rings. The molecule has 0 aromatic carbocycles. The van der Waals surface area contributed by atoms with E-state index < -0.39 is 8.07 Å². The van der Waals surface area contributed by atoms with Crippen LogP contribution in [-0.2, 0) is 5.41 Å². The molecule has 0 amide bonds. The van der Waals surface area contributed by atoms with Crippen molar-refractivity contribution in [3.63, 3.8) is 0 Å². The van der Waals surface area contributed by atoms with Gasteiger partial charge in [-0.25, -0.2) is 0 Å². The Hall–Kier alpha value is -0.123. The monoisotopic (exact) mass is 798 g/mol. The van der Waals surface area contributed by atoms with E-state index >= 15 is 0 Å². The number of rotatable bonds is 17. The maximum absolute atomic E-state index is 6.20. The average Bonchev–Trinajstić information content (AvgIpc) is 3.75. The van der Waals surface area contributed by atoms with Crippen molar-refractivity contribution in [2.75, 3.05) is 23.9 Å². The van der Waals surface area contributed by atoms with E-state index in [1.807, 2.05) is 11.3 Å². The van der Waals surface area contributed by atoms with Gasteiger partial charge in [0, 0.05) is 36.1 Å². The highest BCUT2D eigenvalue weighted by Crippen LogP contribution is 2.62. The van der Waals surface area contributed by atoms with Crippen LogP contribution in [0.25, 0.3) is 19.5 Å². The third-order valence-electron chi connectivity index (χ3n) is 10.5. The van der Waals surface area contributed by atoms with E-state index in [0.717, 1.165) is 38.8 Å². The normalized spacial score (nSPS) is 15.5. The molecule has 4 heterocycles. The van der Waals surface area contributed by atoms with E-state index in [-0.39, 0.29) is 5.41 Å². The average molecular weight is 801 g/mol. The van der Waals surface area contributed by atoms with Crippen LogP contribution in [0.15, 0.2) is 17.5 Å². The standard InChI is InChI=1S/C36H52Br2O2S3Si/c1-24(2)44(25(3)4,26(5)6)31-22-28-34(43-31)33-27(21-30(42-33)35-32-29(23-41-35)39-19-20-40-32)36(28,15-11-7-9-13-17-37)16-12-8-10-14-18-38/h21-26H,7-20H2,1-6H3. The number of halogens is 2. The molecule has 0 atom stereocenters. The maximum Gasteiger partial charge on any atom is 0.180 e. The second-order valence-electron chi connectivity index (χ2n) is 13.8. The third kappa shape index (κ3) is 6.48. The Morgan fingerprint density at radius 1 is 0.705 bits per heavy atom. The van der Waals surface area contributed by atoms with Crippen LogP contribution in [0.2, 0.25) is 16.6 Å². The summed E-state index contributed by atoms with van der Waals surface area (Å²) in [7, 11) is -1.77. The SMILES string of the molecule is CC(C)[Si](c1cc2c(s1)-c1sc(-c3scc4c3OCCO4)cc1C2(CCCCCCBr)CCCCCCBr)(C(C)C)C(C)C. The number of thiophene rings is 3. The Morgan fingerprint density at radius 3 is 1.84 bits per heavy atom. The quantitative estimate of drug-likeness (QED) is 0.0769. The van der Waals surface area contributed by atoms with Crippen molar-refractivity contribution < 1.29 is 9.47 Å². The molecule has 244 valence electrons. The van der Waals surface area contributed by atoms with E-state index in [0.29, 0.717) is 13.2 Å². The lowest BCUT2D eigenvalue weighted by atomic mass is 9.71. The molecule has 44 heavy (non-hydrogen) atoms. The first-order valence-electron chi connectivity index (χ1n) is 17.0. The summed E-state index contributed by atoms with van der Waals surface area (Å²) in [5, 5.41) is 4.38. The van der Waals surface area contributed by atoms with Gasteiger partial charge in [-0.05, 0) is 70.1 Å². The molecular weight excluding hydrogens is 748 g/mol. The molecule has 1 aliphatic carbocycles. The van der Waals surface area contributed by atoms with Crippen LogP contribution in [0.4, 0.5) is 0 Å². The van der Waals surface area contributed by atoms with E-state index in [4.69, 9.17) is 9.47 Å². The van der Waals surface area contributed by atoms with Gasteiger partial charge in [0.2, 0.25) is 0 Å². The van der Waals surface area contributed by atoms with Crippen LogP contribution < -0.4 is 14.0 Å². The van der Waals surface area contributed by atoms with Gasteiger partial charge in [-0.2, -0.15) is 0 Å². The van der Waals surface area contributed by atoms with Crippen molar-refractivity contribution in [3.05, 3.63) is 28.6 Å². The maximum atomic E-state index is 6.20. The molecule has 0 N–H and O–H groups in total. The van der Waals surface area contributed by atoms with Crippen LogP contribution in [0.3, 0.4) is 0 Å². The minimum Gasteiger partial charge on any atom is -0.485 e. The predicted molar refractivity (Wildman–Crippen MR) is 207 cm³/mol. The molecule has 2 aliphatic rings. The van der Waals surface area contributed by atoms with Crippen LogP contribution in [0.5, 0.6) is 11.5 Å². The summed E-state index contributed by atoms with van der Waals surface area (Å²) in [4.78, 5) is 5.80. The van der Waals surface area contributed by atoms with Crippen molar-refractivity contribution >= 4 is 78.4 Å². The molecule has 0 unspecified atom stereocenters. The van der Waals surface area contributed by atoms with Gasteiger partial charge in [0.1, 0.15) is 21.3 Å². The molecule has 0 fully saturated rings. The summed E-state index contributed by atoms with van der Waals surface area (Å²) in [6.45, 7) is 16.4. The highest BCUT2D eigenvalue weighted by atomic mass is 79.9. The van der Waals surface area contributed by atoms with Crippen molar-refractivity contribution in [2.24, 2.45) is 0 Å². The molecule has 1 aliphatic heterocycles. The summed E-state index contributed by atoms with van der Waals surface area (Å²) < 4.78 is 13.9. The Kier molecular flexibility index (Phi) is 12.3. The molecule has 0 saturated carbocycles. The van der Waals surface area contributed by atoms with Gasteiger partial charge in [-0.15, -0.1) is 34.0 Å². The highest BCUT2D eigenvalue weighted by Gasteiger charge is 2.50. The minimum atomic E-state index is -1.77. The summed E-state index contributed by atoms with van der Waals surface area (Å²) in [6.07, 6.45) is 13.0. The van der Waals surface area contributed by atoms with Gasteiger partial charge in [0.05, 0.1) is 4.88 Å². The zero-order valence-electron chi connectivity index (χ0n) is 27.7. The van der Waals surface area contributed by atoms with Crippen LogP contribution in [-0.4, -0.2) is 31.9 Å². The molecule has 2 nitrogen and oxygen atoms in total. The van der Waals surface area contributed by atoms with Crippen molar-refractivity contribution in [3.8, 4) is 31.0 Å².